The van der Waals surface area contributed by atoms with E-state index in [4.69, 9.17) is 0 Å². The van der Waals surface area contributed by atoms with Crippen LogP contribution < -0.4 is 5.32 Å². The van der Waals surface area contributed by atoms with Gasteiger partial charge in [-0.1, -0.05) is 15.9 Å². The van der Waals surface area contributed by atoms with Gasteiger partial charge in [0.05, 0.1) is 11.8 Å². The van der Waals surface area contributed by atoms with E-state index in [0.29, 0.717) is 5.82 Å². The monoisotopic (exact) mass is 295 g/mol. The van der Waals surface area contributed by atoms with E-state index in [9.17, 15) is 9.18 Å². The molecule has 2 aromatic heterocycles. The van der Waals surface area contributed by atoms with Crippen LogP contribution in [0.25, 0.3) is 0 Å². The van der Waals surface area contributed by atoms with Crippen molar-refractivity contribution in [3.63, 3.8) is 0 Å². The molecule has 17 heavy (non-hydrogen) atoms. The summed E-state index contributed by atoms with van der Waals surface area (Å²) in [6.07, 6.45) is 3.87. The number of pyridine rings is 2. The third-order valence-electron chi connectivity index (χ3n) is 1.93. The molecule has 2 rings (SSSR count). The van der Waals surface area contributed by atoms with E-state index in [2.05, 4.69) is 31.2 Å². The van der Waals surface area contributed by atoms with Gasteiger partial charge in [0.2, 0.25) is 0 Å². The van der Waals surface area contributed by atoms with Crippen molar-refractivity contribution in [1.82, 2.24) is 9.97 Å². The highest BCUT2D eigenvalue weighted by Crippen LogP contribution is 2.13. The van der Waals surface area contributed by atoms with Gasteiger partial charge in [0.15, 0.2) is 0 Å². The first kappa shape index (κ1) is 11.7. The van der Waals surface area contributed by atoms with Crippen LogP contribution in [0.1, 0.15) is 10.4 Å². The largest absolute Gasteiger partial charge is 0.306 e. The SMILES string of the molecule is O=C(Nc1cc(Br)ccn1)c1cncc(F)c1. The van der Waals surface area contributed by atoms with Crippen LogP contribution >= 0.6 is 15.9 Å². The van der Waals surface area contributed by atoms with Crippen molar-refractivity contribution in [2.45, 2.75) is 0 Å². The molecule has 0 aliphatic carbocycles. The van der Waals surface area contributed by atoms with Gasteiger partial charge in [-0.2, -0.15) is 0 Å². The molecular weight excluding hydrogens is 289 g/mol. The van der Waals surface area contributed by atoms with E-state index < -0.39 is 11.7 Å². The van der Waals surface area contributed by atoms with Crippen molar-refractivity contribution < 1.29 is 9.18 Å². The molecule has 2 heterocycles. The van der Waals surface area contributed by atoms with Gasteiger partial charge in [-0.05, 0) is 18.2 Å². The molecule has 2 aromatic rings. The third-order valence-corrected chi connectivity index (χ3v) is 2.42. The molecule has 0 saturated carbocycles. The number of hydrogen-bond acceptors (Lipinski definition) is 3. The Labute approximate surface area is 105 Å². The van der Waals surface area contributed by atoms with Gasteiger partial charge in [0, 0.05) is 16.9 Å². The molecule has 86 valence electrons. The summed E-state index contributed by atoms with van der Waals surface area (Å²) in [6.45, 7) is 0. The molecular formula is C11H7BrFN3O. The molecule has 0 atom stereocenters. The van der Waals surface area contributed by atoms with Crippen molar-refractivity contribution >= 4 is 27.7 Å². The quantitative estimate of drug-likeness (QED) is 0.927. The molecule has 0 spiro atoms. The molecule has 0 unspecified atom stereocenters. The molecule has 0 aromatic carbocycles. The number of anilines is 1. The predicted molar refractivity (Wildman–Crippen MR) is 64.1 cm³/mol. The minimum atomic E-state index is -0.556. The number of carbonyl (C=O) groups is 1. The van der Waals surface area contributed by atoms with Gasteiger partial charge in [-0.25, -0.2) is 9.37 Å². The predicted octanol–water partition coefficient (Wildman–Crippen LogP) is 2.63. The zero-order valence-corrected chi connectivity index (χ0v) is 10.1. The first-order valence-electron chi connectivity index (χ1n) is 4.68. The Morgan fingerprint density at radius 3 is 2.88 bits per heavy atom. The van der Waals surface area contributed by atoms with Crippen LogP contribution in [0.3, 0.4) is 0 Å². The summed E-state index contributed by atoms with van der Waals surface area (Å²) in [4.78, 5) is 19.3. The summed E-state index contributed by atoms with van der Waals surface area (Å²) in [5.74, 6) is -0.629. The van der Waals surface area contributed by atoms with Gasteiger partial charge in [-0.3, -0.25) is 9.78 Å². The van der Waals surface area contributed by atoms with Crippen molar-refractivity contribution in [2.75, 3.05) is 5.32 Å². The highest BCUT2D eigenvalue weighted by Gasteiger charge is 2.08. The summed E-state index contributed by atoms with van der Waals surface area (Å²) in [5, 5.41) is 2.54. The molecule has 4 nitrogen and oxygen atoms in total. The maximum absolute atomic E-state index is 12.9. The molecule has 0 aliphatic heterocycles. The van der Waals surface area contributed by atoms with Crippen molar-refractivity contribution in [1.29, 1.82) is 0 Å². The summed E-state index contributed by atoms with van der Waals surface area (Å²) in [6, 6.07) is 4.49. The van der Waals surface area contributed by atoms with Crippen molar-refractivity contribution in [3.05, 3.63) is 52.6 Å². The smallest absolute Gasteiger partial charge is 0.258 e. The lowest BCUT2D eigenvalue weighted by Gasteiger charge is -2.04. The number of aromatic nitrogens is 2. The highest BCUT2D eigenvalue weighted by atomic mass is 79.9. The lowest BCUT2D eigenvalue weighted by molar-refractivity contribution is 0.102. The minimum Gasteiger partial charge on any atom is -0.306 e. The van der Waals surface area contributed by atoms with E-state index in [-0.39, 0.29) is 5.56 Å². The number of halogens is 2. The average Bonchev–Trinajstić information content (AvgIpc) is 2.29. The Balaban J connectivity index is 2.17. The molecule has 0 radical (unpaired) electrons. The zero-order chi connectivity index (χ0) is 12.3. The minimum absolute atomic E-state index is 0.145. The lowest BCUT2D eigenvalue weighted by atomic mass is 10.2. The van der Waals surface area contributed by atoms with Gasteiger partial charge >= 0.3 is 0 Å². The Bertz CT molecular complexity index is 562. The Kier molecular flexibility index (Phi) is 3.43. The van der Waals surface area contributed by atoms with Gasteiger partial charge < -0.3 is 5.32 Å². The maximum atomic E-state index is 12.9. The van der Waals surface area contributed by atoms with Gasteiger partial charge in [0.25, 0.3) is 5.91 Å². The number of amides is 1. The van der Waals surface area contributed by atoms with Crippen molar-refractivity contribution in [2.24, 2.45) is 0 Å². The standard InChI is InChI=1S/C11H7BrFN3O/c12-8-1-2-15-10(4-8)16-11(17)7-3-9(13)6-14-5-7/h1-6H,(H,15,16,17). The molecule has 1 N–H and O–H groups in total. The number of nitrogens with zero attached hydrogens (tertiary/aromatic N) is 2. The average molecular weight is 296 g/mol. The molecule has 6 heteroatoms. The zero-order valence-electron chi connectivity index (χ0n) is 8.52. The van der Waals surface area contributed by atoms with Crippen LogP contribution in [0.2, 0.25) is 0 Å². The van der Waals surface area contributed by atoms with Crippen LogP contribution in [-0.4, -0.2) is 15.9 Å². The summed E-state index contributed by atoms with van der Waals surface area (Å²) in [7, 11) is 0. The normalized spacial score (nSPS) is 10.0. The van der Waals surface area contributed by atoms with E-state index in [1.807, 2.05) is 0 Å². The molecule has 0 fully saturated rings. The fraction of sp³-hybridized carbons (Fsp3) is 0. The van der Waals surface area contributed by atoms with Crippen LogP contribution in [0.15, 0.2) is 41.3 Å². The van der Waals surface area contributed by atoms with Gasteiger partial charge in [-0.15, -0.1) is 0 Å². The van der Waals surface area contributed by atoms with Crippen molar-refractivity contribution in [3.8, 4) is 0 Å². The van der Waals surface area contributed by atoms with Crippen LogP contribution in [-0.2, 0) is 0 Å². The molecule has 0 saturated heterocycles. The lowest BCUT2D eigenvalue weighted by Crippen LogP contribution is -2.13. The first-order valence-corrected chi connectivity index (χ1v) is 5.48. The van der Waals surface area contributed by atoms with E-state index in [1.165, 1.54) is 6.20 Å². The fourth-order valence-corrected chi connectivity index (χ4v) is 1.53. The Hall–Kier alpha value is -1.82. The number of nitrogens with one attached hydrogen (secondary N) is 1. The van der Waals surface area contributed by atoms with E-state index >= 15 is 0 Å². The highest BCUT2D eigenvalue weighted by molar-refractivity contribution is 9.10. The summed E-state index contributed by atoms with van der Waals surface area (Å²) >= 11 is 3.26. The third kappa shape index (κ3) is 3.07. The van der Waals surface area contributed by atoms with Crippen LogP contribution in [0.4, 0.5) is 10.2 Å². The van der Waals surface area contributed by atoms with Gasteiger partial charge in [0.1, 0.15) is 11.6 Å². The maximum Gasteiger partial charge on any atom is 0.258 e. The topological polar surface area (TPSA) is 54.9 Å². The summed E-state index contributed by atoms with van der Waals surface area (Å²) < 4.78 is 13.7. The summed E-state index contributed by atoms with van der Waals surface area (Å²) in [5.41, 5.74) is 0.145. The van der Waals surface area contributed by atoms with Crippen LogP contribution in [0.5, 0.6) is 0 Å². The number of carbonyl (C=O) groups excluding carboxylic acids is 1. The molecule has 1 amide bonds. The van der Waals surface area contributed by atoms with E-state index in [1.54, 1.807) is 18.3 Å². The van der Waals surface area contributed by atoms with E-state index in [0.717, 1.165) is 16.7 Å². The molecule has 0 bridgehead atoms. The Morgan fingerprint density at radius 1 is 1.35 bits per heavy atom. The Morgan fingerprint density at radius 2 is 2.18 bits per heavy atom. The number of rotatable bonds is 2. The first-order chi connectivity index (χ1) is 8.15. The number of hydrogen-bond donors (Lipinski definition) is 1. The second-order valence-corrected chi connectivity index (χ2v) is 4.12. The van der Waals surface area contributed by atoms with Crippen LogP contribution in [0, 0.1) is 5.82 Å². The molecule has 0 aliphatic rings. The fourth-order valence-electron chi connectivity index (χ4n) is 1.20. The second-order valence-electron chi connectivity index (χ2n) is 3.21. The second kappa shape index (κ2) is 5.01.